The summed E-state index contributed by atoms with van der Waals surface area (Å²) in [5.41, 5.74) is 0.917. The Balaban J connectivity index is 2.12. The first-order valence-electron chi connectivity index (χ1n) is 7.45. The number of nitrogens with zero attached hydrogens (tertiary/aromatic N) is 1. The summed E-state index contributed by atoms with van der Waals surface area (Å²) < 4.78 is 31.7. The number of carbonyl (C=O) groups excluding carboxylic acids is 1. The van der Waals surface area contributed by atoms with Crippen LogP contribution in [0.25, 0.3) is 0 Å². The van der Waals surface area contributed by atoms with E-state index in [0.29, 0.717) is 0 Å². The highest BCUT2D eigenvalue weighted by atomic mass is 19.1. The molecule has 0 heterocycles. The van der Waals surface area contributed by atoms with Gasteiger partial charge >= 0.3 is 0 Å². The summed E-state index contributed by atoms with van der Waals surface area (Å²) in [6.07, 6.45) is 0. The molecule has 0 aliphatic carbocycles. The van der Waals surface area contributed by atoms with Crippen molar-refractivity contribution in [1.82, 2.24) is 10.2 Å². The van der Waals surface area contributed by atoms with E-state index in [1.807, 2.05) is 43.3 Å². The number of hydrogen-bond acceptors (Lipinski definition) is 3. The van der Waals surface area contributed by atoms with Crippen LogP contribution in [0, 0.1) is 11.6 Å². The molecule has 1 N–H and O–H groups in total. The maximum absolute atomic E-state index is 13.2. The number of halogens is 2. The van der Waals surface area contributed by atoms with E-state index in [4.69, 9.17) is 4.74 Å². The Morgan fingerprint density at radius 1 is 1.17 bits per heavy atom. The molecule has 0 fully saturated rings. The molecular weight excluding hydrogens is 314 g/mol. The molecule has 0 bridgehead atoms. The Bertz CT molecular complexity index is 700. The SMILES string of the molecule is COc1cccc(C(CNC(=O)c2cc(F)cc(F)c2)N(C)C)c1. The third-order valence-corrected chi connectivity index (χ3v) is 3.68. The quantitative estimate of drug-likeness (QED) is 0.883. The molecule has 0 saturated heterocycles. The third kappa shape index (κ3) is 4.52. The van der Waals surface area contributed by atoms with E-state index < -0.39 is 17.5 Å². The number of rotatable bonds is 6. The lowest BCUT2D eigenvalue weighted by molar-refractivity contribution is 0.0941. The number of hydrogen-bond donors (Lipinski definition) is 1. The summed E-state index contributed by atoms with van der Waals surface area (Å²) in [5, 5.41) is 2.72. The van der Waals surface area contributed by atoms with Gasteiger partial charge < -0.3 is 15.0 Å². The standard InChI is InChI=1S/C18H20F2N2O2/c1-22(2)17(12-5-4-6-16(9-12)24-3)11-21-18(23)13-7-14(19)10-15(20)8-13/h4-10,17H,11H2,1-3H3,(H,21,23). The average Bonchev–Trinajstić information content (AvgIpc) is 2.53. The van der Waals surface area contributed by atoms with Crippen LogP contribution in [-0.2, 0) is 0 Å². The maximum atomic E-state index is 13.2. The number of nitrogens with one attached hydrogen (secondary N) is 1. The van der Waals surface area contributed by atoms with Gasteiger partial charge in [-0.25, -0.2) is 8.78 Å². The second-order valence-corrected chi connectivity index (χ2v) is 5.62. The van der Waals surface area contributed by atoms with Gasteiger partial charge in [0, 0.05) is 18.2 Å². The number of likely N-dealkylation sites (N-methyl/N-ethyl adjacent to an activating group) is 1. The Morgan fingerprint density at radius 2 is 1.83 bits per heavy atom. The van der Waals surface area contributed by atoms with Crippen LogP contribution in [0.1, 0.15) is 22.0 Å². The third-order valence-electron chi connectivity index (χ3n) is 3.68. The predicted octanol–water partition coefficient (Wildman–Crippen LogP) is 3.01. The summed E-state index contributed by atoms with van der Waals surface area (Å²) in [5.74, 6) is -1.37. The molecule has 1 amide bonds. The smallest absolute Gasteiger partial charge is 0.251 e. The van der Waals surface area contributed by atoms with Crippen molar-refractivity contribution >= 4 is 5.91 Å². The summed E-state index contributed by atoms with van der Waals surface area (Å²) in [6.45, 7) is 0.289. The number of ether oxygens (including phenoxy) is 1. The fraction of sp³-hybridized carbons (Fsp3) is 0.278. The second-order valence-electron chi connectivity index (χ2n) is 5.62. The molecule has 0 saturated carbocycles. The van der Waals surface area contributed by atoms with Crippen molar-refractivity contribution in [2.75, 3.05) is 27.7 Å². The molecule has 24 heavy (non-hydrogen) atoms. The first kappa shape index (κ1) is 17.9. The number of benzene rings is 2. The van der Waals surface area contributed by atoms with Crippen LogP contribution < -0.4 is 10.1 Å². The van der Waals surface area contributed by atoms with E-state index in [1.54, 1.807) is 7.11 Å². The minimum Gasteiger partial charge on any atom is -0.497 e. The van der Waals surface area contributed by atoms with Crippen molar-refractivity contribution in [3.05, 3.63) is 65.2 Å². The molecule has 4 nitrogen and oxygen atoms in total. The molecule has 0 spiro atoms. The monoisotopic (exact) mass is 334 g/mol. The molecule has 128 valence electrons. The van der Waals surface area contributed by atoms with Gasteiger partial charge in [-0.15, -0.1) is 0 Å². The average molecular weight is 334 g/mol. The van der Waals surface area contributed by atoms with Crippen LogP contribution in [-0.4, -0.2) is 38.6 Å². The molecule has 0 radical (unpaired) electrons. The topological polar surface area (TPSA) is 41.6 Å². The van der Waals surface area contributed by atoms with E-state index in [1.165, 1.54) is 0 Å². The van der Waals surface area contributed by atoms with Crippen LogP contribution >= 0.6 is 0 Å². The van der Waals surface area contributed by atoms with Gasteiger partial charge in [-0.2, -0.15) is 0 Å². The van der Waals surface area contributed by atoms with Gasteiger partial charge in [-0.3, -0.25) is 4.79 Å². The highest BCUT2D eigenvalue weighted by Gasteiger charge is 2.17. The van der Waals surface area contributed by atoms with Gasteiger partial charge in [0.25, 0.3) is 5.91 Å². The Morgan fingerprint density at radius 3 is 2.42 bits per heavy atom. The summed E-state index contributed by atoms with van der Waals surface area (Å²) in [7, 11) is 5.36. The Labute approximate surface area is 140 Å². The fourth-order valence-electron chi connectivity index (χ4n) is 2.42. The van der Waals surface area contributed by atoms with E-state index in [0.717, 1.165) is 29.5 Å². The minimum atomic E-state index is -0.780. The Kier molecular flexibility index (Phi) is 5.87. The zero-order valence-electron chi connectivity index (χ0n) is 13.8. The van der Waals surface area contributed by atoms with Crippen LogP contribution in [0.4, 0.5) is 8.78 Å². The lowest BCUT2D eigenvalue weighted by Crippen LogP contribution is -2.34. The molecule has 1 unspecified atom stereocenters. The van der Waals surface area contributed by atoms with Crippen LogP contribution in [0.3, 0.4) is 0 Å². The van der Waals surface area contributed by atoms with Crippen molar-refractivity contribution in [3.63, 3.8) is 0 Å². The molecule has 1 atom stereocenters. The van der Waals surface area contributed by atoms with E-state index in [-0.39, 0.29) is 18.2 Å². The zero-order chi connectivity index (χ0) is 17.7. The largest absolute Gasteiger partial charge is 0.497 e. The van der Waals surface area contributed by atoms with E-state index >= 15 is 0 Å². The van der Waals surface area contributed by atoms with Gasteiger partial charge in [-0.1, -0.05) is 12.1 Å². The van der Waals surface area contributed by atoms with Crippen molar-refractivity contribution in [3.8, 4) is 5.75 Å². The number of carbonyl (C=O) groups is 1. The number of methoxy groups -OCH3 is 1. The van der Waals surface area contributed by atoms with Crippen LogP contribution in [0.5, 0.6) is 5.75 Å². The lowest BCUT2D eigenvalue weighted by atomic mass is 10.1. The fourth-order valence-corrected chi connectivity index (χ4v) is 2.42. The molecule has 0 aliphatic rings. The predicted molar refractivity (Wildman–Crippen MR) is 88.1 cm³/mol. The van der Waals surface area contributed by atoms with E-state index in [9.17, 15) is 13.6 Å². The first-order chi connectivity index (χ1) is 11.4. The van der Waals surface area contributed by atoms with Crippen molar-refractivity contribution in [2.24, 2.45) is 0 Å². The van der Waals surface area contributed by atoms with Crippen molar-refractivity contribution in [1.29, 1.82) is 0 Å². The van der Waals surface area contributed by atoms with Crippen LogP contribution in [0.15, 0.2) is 42.5 Å². The van der Waals surface area contributed by atoms with Crippen molar-refractivity contribution in [2.45, 2.75) is 6.04 Å². The number of amides is 1. The summed E-state index contributed by atoms with van der Waals surface area (Å²) in [4.78, 5) is 14.1. The van der Waals surface area contributed by atoms with Gasteiger partial charge in [0.15, 0.2) is 0 Å². The van der Waals surface area contributed by atoms with Gasteiger partial charge in [-0.05, 0) is 43.9 Å². The van der Waals surface area contributed by atoms with Gasteiger partial charge in [0.2, 0.25) is 0 Å². The highest BCUT2D eigenvalue weighted by molar-refractivity contribution is 5.94. The normalized spacial score (nSPS) is 12.1. The molecule has 0 aliphatic heterocycles. The molecule has 2 aromatic carbocycles. The molecule has 2 aromatic rings. The molecule has 2 rings (SSSR count). The van der Waals surface area contributed by atoms with Gasteiger partial charge in [0.05, 0.1) is 13.2 Å². The van der Waals surface area contributed by atoms with Gasteiger partial charge in [0.1, 0.15) is 17.4 Å². The summed E-state index contributed by atoms with van der Waals surface area (Å²) in [6, 6.07) is 10.2. The minimum absolute atomic E-state index is 0.0457. The lowest BCUT2D eigenvalue weighted by Gasteiger charge is -2.25. The molecular formula is C18H20F2N2O2. The zero-order valence-corrected chi connectivity index (χ0v) is 13.8. The highest BCUT2D eigenvalue weighted by Crippen LogP contribution is 2.22. The first-order valence-corrected chi connectivity index (χ1v) is 7.45. The van der Waals surface area contributed by atoms with Crippen molar-refractivity contribution < 1.29 is 18.3 Å². The molecule has 6 heteroatoms. The Hall–Kier alpha value is -2.47. The second kappa shape index (κ2) is 7.88. The van der Waals surface area contributed by atoms with E-state index in [2.05, 4.69) is 5.32 Å². The van der Waals surface area contributed by atoms with Crippen LogP contribution in [0.2, 0.25) is 0 Å². The maximum Gasteiger partial charge on any atom is 0.251 e. The molecule has 0 aromatic heterocycles. The summed E-state index contributed by atoms with van der Waals surface area (Å²) >= 11 is 0.